The summed E-state index contributed by atoms with van der Waals surface area (Å²) in [5.74, 6) is 0.402. The van der Waals surface area contributed by atoms with Gasteiger partial charge in [-0.1, -0.05) is 30.3 Å². The second kappa shape index (κ2) is 6.87. The van der Waals surface area contributed by atoms with E-state index in [1.54, 1.807) is 0 Å². The van der Waals surface area contributed by atoms with E-state index in [2.05, 4.69) is 14.7 Å². The van der Waals surface area contributed by atoms with Gasteiger partial charge in [0.2, 0.25) is 5.13 Å². The van der Waals surface area contributed by atoms with Crippen LogP contribution in [0.25, 0.3) is 0 Å². The summed E-state index contributed by atoms with van der Waals surface area (Å²) in [6.45, 7) is 7.40. The molecule has 0 aliphatic heterocycles. The van der Waals surface area contributed by atoms with Crippen molar-refractivity contribution >= 4 is 22.6 Å². The number of benzene rings is 1. The standard InChI is InChI=1S/C16H21N3O2S/c1-11-17-15(22-19-11)18-13(14(20)21-16(2,3)4)10-12-8-6-5-7-9-12/h5-9,13H,10H2,1-4H3,(H,17,18,19)/t13-/m1/s1. The summed E-state index contributed by atoms with van der Waals surface area (Å²) in [6.07, 6.45) is 0.536. The first-order valence-corrected chi connectivity index (χ1v) is 7.94. The monoisotopic (exact) mass is 319 g/mol. The third-order valence-corrected chi connectivity index (χ3v) is 3.54. The summed E-state index contributed by atoms with van der Waals surface area (Å²) >= 11 is 1.24. The Bertz CT molecular complexity index is 620. The molecule has 0 radical (unpaired) electrons. The maximum atomic E-state index is 12.4. The Kier molecular flexibility index (Phi) is 5.13. The van der Waals surface area contributed by atoms with Crippen molar-refractivity contribution in [3.63, 3.8) is 0 Å². The highest BCUT2D eigenvalue weighted by atomic mass is 32.1. The number of ether oxygens (including phenoxy) is 1. The summed E-state index contributed by atoms with van der Waals surface area (Å²) in [5, 5.41) is 3.77. The molecule has 1 N–H and O–H groups in total. The number of nitrogens with one attached hydrogen (secondary N) is 1. The van der Waals surface area contributed by atoms with Crippen LogP contribution in [0.3, 0.4) is 0 Å². The molecule has 1 aromatic carbocycles. The highest BCUT2D eigenvalue weighted by molar-refractivity contribution is 7.09. The summed E-state index contributed by atoms with van der Waals surface area (Å²) in [5.41, 5.74) is 0.539. The highest BCUT2D eigenvalue weighted by Gasteiger charge is 2.26. The van der Waals surface area contributed by atoms with Crippen molar-refractivity contribution in [1.82, 2.24) is 9.36 Å². The number of anilines is 1. The fourth-order valence-corrected chi connectivity index (χ4v) is 2.55. The van der Waals surface area contributed by atoms with E-state index >= 15 is 0 Å². The van der Waals surface area contributed by atoms with Gasteiger partial charge in [-0.2, -0.15) is 4.37 Å². The normalized spacial score (nSPS) is 12.7. The van der Waals surface area contributed by atoms with Gasteiger partial charge < -0.3 is 10.1 Å². The van der Waals surface area contributed by atoms with E-state index in [0.717, 1.165) is 5.56 Å². The van der Waals surface area contributed by atoms with Crippen molar-refractivity contribution in [2.24, 2.45) is 0 Å². The lowest BCUT2D eigenvalue weighted by Crippen LogP contribution is -2.38. The van der Waals surface area contributed by atoms with Gasteiger partial charge in [-0.15, -0.1) is 0 Å². The molecule has 118 valence electrons. The fourth-order valence-electron chi connectivity index (χ4n) is 1.92. The molecule has 0 aliphatic rings. The Morgan fingerprint density at radius 1 is 1.32 bits per heavy atom. The van der Waals surface area contributed by atoms with E-state index in [-0.39, 0.29) is 5.97 Å². The zero-order valence-electron chi connectivity index (χ0n) is 13.3. The van der Waals surface area contributed by atoms with Crippen LogP contribution >= 0.6 is 11.5 Å². The number of rotatable bonds is 5. The van der Waals surface area contributed by atoms with Crippen LogP contribution < -0.4 is 5.32 Å². The Balaban J connectivity index is 2.14. The molecule has 0 unspecified atom stereocenters. The quantitative estimate of drug-likeness (QED) is 0.857. The van der Waals surface area contributed by atoms with Crippen LogP contribution in [0.4, 0.5) is 5.13 Å². The highest BCUT2D eigenvalue weighted by Crippen LogP contribution is 2.17. The molecule has 0 spiro atoms. The van der Waals surface area contributed by atoms with Gasteiger partial charge in [0.15, 0.2) is 0 Å². The lowest BCUT2D eigenvalue weighted by Gasteiger charge is -2.24. The Morgan fingerprint density at radius 2 is 2.00 bits per heavy atom. The molecule has 0 saturated heterocycles. The Labute approximate surface area is 134 Å². The molecule has 0 aliphatic carbocycles. The van der Waals surface area contributed by atoms with E-state index in [9.17, 15) is 4.79 Å². The van der Waals surface area contributed by atoms with E-state index in [0.29, 0.717) is 17.4 Å². The molecule has 0 fully saturated rings. The van der Waals surface area contributed by atoms with Gasteiger partial charge in [-0.05, 0) is 33.3 Å². The van der Waals surface area contributed by atoms with E-state index < -0.39 is 11.6 Å². The first-order valence-electron chi connectivity index (χ1n) is 7.17. The van der Waals surface area contributed by atoms with Gasteiger partial charge in [-0.3, -0.25) is 0 Å². The SMILES string of the molecule is Cc1nsc(N[C@H](Cc2ccccc2)C(=O)OC(C)(C)C)n1. The summed E-state index contributed by atoms with van der Waals surface area (Å²) in [7, 11) is 0. The smallest absolute Gasteiger partial charge is 0.329 e. The van der Waals surface area contributed by atoms with Gasteiger partial charge in [0.1, 0.15) is 17.5 Å². The Morgan fingerprint density at radius 3 is 2.55 bits per heavy atom. The lowest BCUT2D eigenvalue weighted by molar-refractivity contribution is -0.155. The van der Waals surface area contributed by atoms with Crippen molar-refractivity contribution in [2.45, 2.75) is 45.8 Å². The first-order chi connectivity index (χ1) is 10.3. The van der Waals surface area contributed by atoms with Crippen molar-refractivity contribution < 1.29 is 9.53 Å². The molecule has 22 heavy (non-hydrogen) atoms. The third kappa shape index (κ3) is 5.11. The number of carbonyl (C=O) groups is 1. The fraction of sp³-hybridized carbons (Fsp3) is 0.438. The number of hydrogen-bond acceptors (Lipinski definition) is 6. The number of nitrogens with zero attached hydrogens (tertiary/aromatic N) is 2. The molecule has 0 amide bonds. The number of aromatic nitrogens is 2. The summed E-state index contributed by atoms with van der Waals surface area (Å²) in [6, 6.07) is 9.35. The zero-order chi connectivity index (χ0) is 16.2. The second-order valence-corrected chi connectivity index (χ2v) is 6.82. The maximum Gasteiger partial charge on any atom is 0.329 e. The minimum Gasteiger partial charge on any atom is -0.458 e. The molecule has 1 aromatic heterocycles. The lowest BCUT2D eigenvalue weighted by atomic mass is 10.1. The number of esters is 1. The molecule has 1 heterocycles. The average molecular weight is 319 g/mol. The molecule has 6 heteroatoms. The molecule has 1 atom stereocenters. The van der Waals surface area contributed by atoms with E-state index in [1.807, 2.05) is 58.0 Å². The van der Waals surface area contributed by atoms with Crippen LogP contribution in [0.5, 0.6) is 0 Å². The largest absolute Gasteiger partial charge is 0.458 e. The topological polar surface area (TPSA) is 64.1 Å². The third-order valence-electron chi connectivity index (χ3n) is 2.80. The average Bonchev–Trinajstić information content (AvgIpc) is 2.83. The van der Waals surface area contributed by atoms with Gasteiger partial charge in [0, 0.05) is 18.0 Å². The van der Waals surface area contributed by atoms with Crippen LogP contribution in [0, 0.1) is 6.92 Å². The molecular weight excluding hydrogens is 298 g/mol. The zero-order valence-corrected chi connectivity index (χ0v) is 14.1. The van der Waals surface area contributed by atoms with Crippen molar-refractivity contribution in [3.05, 3.63) is 41.7 Å². The van der Waals surface area contributed by atoms with Crippen LogP contribution in [-0.4, -0.2) is 27.0 Å². The van der Waals surface area contributed by atoms with Crippen LogP contribution in [0.15, 0.2) is 30.3 Å². The molecule has 2 aromatic rings. The minimum absolute atomic E-state index is 0.288. The minimum atomic E-state index is -0.523. The number of aryl methyl sites for hydroxylation is 1. The summed E-state index contributed by atoms with van der Waals surface area (Å²) in [4.78, 5) is 16.7. The van der Waals surface area contributed by atoms with Crippen molar-refractivity contribution in [3.8, 4) is 0 Å². The number of carbonyl (C=O) groups excluding carboxylic acids is 1. The van der Waals surface area contributed by atoms with E-state index in [4.69, 9.17) is 4.74 Å². The predicted molar refractivity (Wildman–Crippen MR) is 88.0 cm³/mol. The van der Waals surface area contributed by atoms with Crippen LogP contribution in [0.2, 0.25) is 0 Å². The van der Waals surface area contributed by atoms with Gasteiger partial charge >= 0.3 is 5.97 Å². The first kappa shape index (κ1) is 16.4. The van der Waals surface area contributed by atoms with Crippen molar-refractivity contribution in [1.29, 1.82) is 0 Å². The second-order valence-electron chi connectivity index (χ2n) is 6.07. The maximum absolute atomic E-state index is 12.4. The predicted octanol–water partition coefficient (Wildman–Crippen LogP) is 3.21. The van der Waals surface area contributed by atoms with Crippen LogP contribution in [-0.2, 0) is 16.0 Å². The van der Waals surface area contributed by atoms with Crippen molar-refractivity contribution in [2.75, 3.05) is 5.32 Å². The van der Waals surface area contributed by atoms with Crippen LogP contribution in [0.1, 0.15) is 32.2 Å². The summed E-state index contributed by atoms with van der Waals surface area (Å²) < 4.78 is 9.63. The molecule has 5 nitrogen and oxygen atoms in total. The molecule has 2 rings (SSSR count). The molecular formula is C16H21N3O2S. The van der Waals surface area contributed by atoms with E-state index in [1.165, 1.54) is 11.5 Å². The molecule has 0 saturated carbocycles. The van der Waals surface area contributed by atoms with Gasteiger partial charge in [0.05, 0.1) is 0 Å². The Hall–Kier alpha value is -1.95. The number of hydrogen-bond donors (Lipinski definition) is 1. The van der Waals surface area contributed by atoms with Gasteiger partial charge in [0.25, 0.3) is 0 Å². The van der Waals surface area contributed by atoms with Gasteiger partial charge in [-0.25, -0.2) is 9.78 Å². The molecule has 0 bridgehead atoms.